The van der Waals surface area contributed by atoms with Gasteiger partial charge in [-0.3, -0.25) is 9.59 Å². The van der Waals surface area contributed by atoms with Crippen LogP contribution in [0, 0.1) is 0 Å². The van der Waals surface area contributed by atoms with Crippen LogP contribution in [-0.2, 0) is 9.59 Å². The highest BCUT2D eigenvalue weighted by molar-refractivity contribution is 5.88. The summed E-state index contributed by atoms with van der Waals surface area (Å²) in [7, 11) is 0. The molecule has 1 unspecified atom stereocenters. The summed E-state index contributed by atoms with van der Waals surface area (Å²) >= 11 is 0. The second kappa shape index (κ2) is 6.59. The monoisotopic (exact) mass is 243 g/mol. The number of hydrogen-bond acceptors (Lipinski definition) is 3. The lowest BCUT2D eigenvalue weighted by molar-refractivity contribution is -0.129. The summed E-state index contributed by atoms with van der Waals surface area (Å²) in [6.45, 7) is 11.5. The Balaban J connectivity index is 4.04. The SMILES string of the molecule is CC(C)NCC(=O)NC(C)C(=O)NC(C)(C)C. The molecule has 0 aliphatic heterocycles. The third-order valence-electron chi connectivity index (χ3n) is 1.94. The number of hydrogen-bond donors (Lipinski definition) is 3. The van der Waals surface area contributed by atoms with E-state index in [1.54, 1.807) is 6.92 Å². The molecule has 0 spiro atoms. The van der Waals surface area contributed by atoms with Crippen LogP contribution in [-0.4, -0.2) is 36.0 Å². The molecule has 5 nitrogen and oxygen atoms in total. The van der Waals surface area contributed by atoms with Gasteiger partial charge in [0.15, 0.2) is 0 Å². The maximum Gasteiger partial charge on any atom is 0.242 e. The van der Waals surface area contributed by atoms with Gasteiger partial charge in [0.1, 0.15) is 6.04 Å². The Kier molecular flexibility index (Phi) is 6.16. The highest BCUT2D eigenvalue weighted by atomic mass is 16.2. The van der Waals surface area contributed by atoms with E-state index in [-0.39, 0.29) is 29.9 Å². The molecule has 100 valence electrons. The van der Waals surface area contributed by atoms with E-state index >= 15 is 0 Å². The molecule has 0 fully saturated rings. The molecule has 0 bridgehead atoms. The van der Waals surface area contributed by atoms with E-state index in [1.165, 1.54) is 0 Å². The van der Waals surface area contributed by atoms with E-state index in [4.69, 9.17) is 0 Å². The van der Waals surface area contributed by atoms with Crippen LogP contribution in [0.5, 0.6) is 0 Å². The largest absolute Gasteiger partial charge is 0.350 e. The highest BCUT2D eigenvalue weighted by Crippen LogP contribution is 1.99. The van der Waals surface area contributed by atoms with Crippen molar-refractivity contribution in [2.24, 2.45) is 0 Å². The van der Waals surface area contributed by atoms with E-state index in [0.717, 1.165) is 0 Å². The Morgan fingerprint density at radius 3 is 2.06 bits per heavy atom. The van der Waals surface area contributed by atoms with Crippen molar-refractivity contribution in [3.05, 3.63) is 0 Å². The molecule has 0 aromatic carbocycles. The van der Waals surface area contributed by atoms with Gasteiger partial charge in [0.25, 0.3) is 0 Å². The van der Waals surface area contributed by atoms with E-state index in [1.807, 2.05) is 34.6 Å². The predicted molar refractivity (Wildman–Crippen MR) is 68.6 cm³/mol. The molecular weight excluding hydrogens is 218 g/mol. The Labute approximate surface area is 104 Å². The van der Waals surface area contributed by atoms with Gasteiger partial charge in [0.2, 0.25) is 11.8 Å². The first-order valence-electron chi connectivity index (χ1n) is 5.96. The second-order valence-electron chi connectivity index (χ2n) is 5.56. The maximum absolute atomic E-state index is 11.7. The van der Waals surface area contributed by atoms with Crippen LogP contribution in [0.2, 0.25) is 0 Å². The molecule has 17 heavy (non-hydrogen) atoms. The molecule has 0 aliphatic rings. The van der Waals surface area contributed by atoms with Gasteiger partial charge in [-0.1, -0.05) is 13.8 Å². The summed E-state index contributed by atoms with van der Waals surface area (Å²) < 4.78 is 0. The van der Waals surface area contributed by atoms with Crippen molar-refractivity contribution >= 4 is 11.8 Å². The fraction of sp³-hybridized carbons (Fsp3) is 0.833. The average molecular weight is 243 g/mol. The van der Waals surface area contributed by atoms with Crippen LogP contribution < -0.4 is 16.0 Å². The third kappa shape index (κ3) is 8.68. The minimum atomic E-state index is -0.518. The van der Waals surface area contributed by atoms with Crippen LogP contribution in [0.15, 0.2) is 0 Å². The summed E-state index contributed by atoms with van der Waals surface area (Å²) in [5, 5.41) is 8.45. The Hall–Kier alpha value is -1.10. The standard InChI is InChI=1S/C12H25N3O2/c1-8(2)13-7-10(16)14-9(3)11(17)15-12(4,5)6/h8-9,13H,7H2,1-6H3,(H,14,16)(H,15,17). The molecule has 0 rings (SSSR count). The molecule has 2 amide bonds. The normalized spacial score (nSPS) is 13.4. The van der Waals surface area contributed by atoms with Gasteiger partial charge >= 0.3 is 0 Å². The number of amides is 2. The Morgan fingerprint density at radius 1 is 1.12 bits per heavy atom. The van der Waals surface area contributed by atoms with E-state index in [0.29, 0.717) is 0 Å². The summed E-state index contributed by atoms with van der Waals surface area (Å²) in [4.78, 5) is 23.2. The highest BCUT2D eigenvalue weighted by Gasteiger charge is 2.20. The van der Waals surface area contributed by atoms with Crippen molar-refractivity contribution in [1.82, 2.24) is 16.0 Å². The number of rotatable bonds is 5. The van der Waals surface area contributed by atoms with E-state index in [2.05, 4.69) is 16.0 Å². The second-order valence-corrected chi connectivity index (χ2v) is 5.56. The molecule has 0 radical (unpaired) electrons. The fourth-order valence-electron chi connectivity index (χ4n) is 1.13. The molecule has 0 aliphatic carbocycles. The third-order valence-corrected chi connectivity index (χ3v) is 1.94. The first-order valence-corrected chi connectivity index (χ1v) is 5.96. The number of nitrogens with one attached hydrogen (secondary N) is 3. The lowest BCUT2D eigenvalue weighted by Gasteiger charge is -2.23. The molecule has 5 heteroatoms. The molecule has 0 saturated heterocycles. The van der Waals surface area contributed by atoms with Gasteiger partial charge < -0.3 is 16.0 Å². The zero-order valence-corrected chi connectivity index (χ0v) is 11.7. The molecule has 0 aromatic rings. The first-order chi connectivity index (χ1) is 7.61. The van der Waals surface area contributed by atoms with Gasteiger partial charge in [-0.2, -0.15) is 0 Å². The zero-order valence-electron chi connectivity index (χ0n) is 11.7. The maximum atomic E-state index is 11.7. The van der Waals surface area contributed by atoms with Crippen LogP contribution in [0.1, 0.15) is 41.5 Å². The molecule has 1 atom stereocenters. The quantitative estimate of drug-likeness (QED) is 0.655. The molecule has 0 heterocycles. The van der Waals surface area contributed by atoms with Gasteiger partial charge in [0.05, 0.1) is 6.54 Å². The number of carbonyl (C=O) groups excluding carboxylic acids is 2. The fourth-order valence-corrected chi connectivity index (χ4v) is 1.13. The molecule has 3 N–H and O–H groups in total. The van der Waals surface area contributed by atoms with Gasteiger partial charge in [-0.05, 0) is 27.7 Å². The van der Waals surface area contributed by atoms with Crippen molar-refractivity contribution in [1.29, 1.82) is 0 Å². The number of carbonyl (C=O) groups is 2. The lowest BCUT2D eigenvalue weighted by Crippen LogP contribution is -2.52. The van der Waals surface area contributed by atoms with Crippen LogP contribution in [0.3, 0.4) is 0 Å². The van der Waals surface area contributed by atoms with Crippen LogP contribution in [0.4, 0.5) is 0 Å². The van der Waals surface area contributed by atoms with E-state index in [9.17, 15) is 9.59 Å². The summed E-state index contributed by atoms with van der Waals surface area (Å²) in [6, 6.07) is -0.268. The Morgan fingerprint density at radius 2 is 1.65 bits per heavy atom. The molecule has 0 aromatic heterocycles. The average Bonchev–Trinajstić information content (AvgIpc) is 2.11. The van der Waals surface area contributed by atoms with Crippen molar-refractivity contribution in [2.75, 3.05) is 6.54 Å². The van der Waals surface area contributed by atoms with Gasteiger partial charge in [-0.15, -0.1) is 0 Å². The van der Waals surface area contributed by atoms with Crippen LogP contribution in [0.25, 0.3) is 0 Å². The zero-order chi connectivity index (χ0) is 13.6. The summed E-state index contributed by atoms with van der Waals surface area (Å²) in [5.74, 6) is -0.342. The van der Waals surface area contributed by atoms with E-state index < -0.39 is 6.04 Å². The topological polar surface area (TPSA) is 70.2 Å². The lowest BCUT2D eigenvalue weighted by atomic mass is 10.1. The van der Waals surface area contributed by atoms with Gasteiger partial charge in [-0.25, -0.2) is 0 Å². The van der Waals surface area contributed by atoms with Crippen molar-refractivity contribution in [3.63, 3.8) is 0 Å². The van der Waals surface area contributed by atoms with Crippen LogP contribution >= 0.6 is 0 Å². The minimum Gasteiger partial charge on any atom is -0.350 e. The van der Waals surface area contributed by atoms with Crippen molar-refractivity contribution in [2.45, 2.75) is 59.2 Å². The Bertz CT molecular complexity index is 269. The first kappa shape index (κ1) is 15.9. The van der Waals surface area contributed by atoms with Gasteiger partial charge in [0, 0.05) is 11.6 Å². The minimum absolute atomic E-state index is 0.171. The molecular formula is C12H25N3O2. The predicted octanol–water partition coefficient (Wildman–Crippen LogP) is 0.404. The van der Waals surface area contributed by atoms with Crippen molar-refractivity contribution < 1.29 is 9.59 Å². The summed E-state index contributed by atoms with van der Waals surface area (Å²) in [6.07, 6.45) is 0. The smallest absolute Gasteiger partial charge is 0.242 e. The summed E-state index contributed by atoms with van der Waals surface area (Å²) in [5.41, 5.74) is -0.285. The molecule has 0 saturated carbocycles. The van der Waals surface area contributed by atoms with Crippen molar-refractivity contribution in [3.8, 4) is 0 Å².